The van der Waals surface area contributed by atoms with Gasteiger partial charge < -0.3 is 9.88 Å². The van der Waals surface area contributed by atoms with Crippen LogP contribution in [0.2, 0.25) is 0 Å². The van der Waals surface area contributed by atoms with Crippen LogP contribution in [0.1, 0.15) is 47.1 Å². The normalized spacial score (nSPS) is 11.1. The average molecular weight is 444 g/mol. The lowest BCUT2D eigenvalue weighted by Gasteiger charge is -2.14. The summed E-state index contributed by atoms with van der Waals surface area (Å²) in [6.45, 7) is 6.17. The summed E-state index contributed by atoms with van der Waals surface area (Å²) < 4.78 is 3.07. The number of hydrogen-bond donors (Lipinski definition) is 1. The number of pyridine rings is 2. The largest absolute Gasteiger partial charge is 0.348 e. The molecule has 0 saturated carbocycles. The highest BCUT2D eigenvalue weighted by molar-refractivity contribution is 5.99. The molecule has 0 atom stereocenters. The van der Waals surface area contributed by atoms with E-state index >= 15 is 0 Å². The first kappa shape index (κ1) is 22.1. The molecular weight excluding hydrogens is 418 g/mol. The molecule has 9 heteroatoms. The van der Waals surface area contributed by atoms with Crippen molar-refractivity contribution >= 4 is 5.91 Å². The van der Waals surface area contributed by atoms with Crippen LogP contribution in [0, 0.1) is 6.92 Å². The Bertz CT molecular complexity index is 1350. The van der Waals surface area contributed by atoms with Gasteiger partial charge in [-0.15, -0.1) is 5.10 Å². The fourth-order valence-corrected chi connectivity index (χ4v) is 3.40. The highest BCUT2D eigenvalue weighted by Crippen LogP contribution is 2.25. The number of nitrogens with zero attached hydrogens (tertiary/aromatic N) is 6. The SMILES string of the molecule is Cc1ccc(-c2ccc(-n3nnnc3C(C)C)c(C(=O)NCc3ccn(C)c(=O)c3)c2)nc1. The van der Waals surface area contributed by atoms with E-state index in [9.17, 15) is 9.59 Å². The zero-order valence-electron chi connectivity index (χ0n) is 19.0. The summed E-state index contributed by atoms with van der Waals surface area (Å²) in [5.74, 6) is 0.413. The molecule has 9 nitrogen and oxygen atoms in total. The van der Waals surface area contributed by atoms with Crippen molar-refractivity contribution in [2.24, 2.45) is 7.05 Å². The van der Waals surface area contributed by atoms with Crippen LogP contribution < -0.4 is 10.9 Å². The third kappa shape index (κ3) is 4.72. The standard InChI is InChI=1S/C24H25N7O2/c1-15(2)23-27-28-29-31(23)21-8-6-18(20-7-5-16(3)13-25-20)12-19(21)24(33)26-14-17-9-10-30(4)22(32)11-17/h5-13,15H,14H2,1-4H3,(H,26,33). The van der Waals surface area contributed by atoms with E-state index in [0.717, 1.165) is 22.4 Å². The molecule has 1 N–H and O–H groups in total. The molecular formula is C24H25N7O2. The molecule has 0 spiro atoms. The van der Waals surface area contributed by atoms with Gasteiger partial charge in [0, 0.05) is 43.5 Å². The van der Waals surface area contributed by atoms with E-state index in [2.05, 4.69) is 25.8 Å². The first-order valence-corrected chi connectivity index (χ1v) is 10.6. The number of carbonyl (C=O) groups is 1. The molecule has 3 aromatic heterocycles. The summed E-state index contributed by atoms with van der Waals surface area (Å²) in [6.07, 6.45) is 3.46. The number of rotatable bonds is 6. The van der Waals surface area contributed by atoms with Gasteiger partial charge in [0.1, 0.15) is 0 Å². The maximum Gasteiger partial charge on any atom is 0.253 e. The third-order valence-electron chi connectivity index (χ3n) is 5.31. The van der Waals surface area contributed by atoms with E-state index in [1.807, 2.05) is 45.0 Å². The van der Waals surface area contributed by atoms with Crippen molar-refractivity contribution in [1.29, 1.82) is 0 Å². The van der Waals surface area contributed by atoms with Gasteiger partial charge in [-0.2, -0.15) is 4.68 Å². The van der Waals surface area contributed by atoms with Crippen LogP contribution >= 0.6 is 0 Å². The number of benzene rings is 1. The molecule has 0 radical (unpaired) electrons. The van der Waals surface area contributed by atoms with Crippen LogP contribution in [0.5, 0.6) is 0 Å². The van der Waals surface area contributed by atoms with Crippen LogP contribution in [0.3, 0.4) is 0 Å². The monoisotopic (exact) mass is 443 g/mol. The summed E-state index contributed by atoms with van der Waals surface area (Å²) >= 11 is 0. The summed E-state index contributed by atoms with van der Waals surface area (Å²) in [6, 6.07) is 12.7. The number of carbonyl (C=O) groups excluding carboxylic acids is 1. The van der Waals surface area contributed by atoms with E-state index < -0.39 is 0 Å². The Balaban J connectivity index is 1.73. The van der Waals surface area contributed by atoms with Crippen molar-refractivity contribution in [2.45, 2.75) is 33.2 Å². The second-order valence-electron chi connectivity index (χ2n) is 8.22. The molecule has 0 aliphatic rings. The summed E-state index contributed by atoms with van der Waals surface area (Å²) in [5, 5.41) is 15.0. The van der Waals surface area contributed by atoms with Crippen molar-refractivity contribution in [2.75, 3.05) is 0 Å². The number of nitrogens with one attached hydrogen (secondary N) is 1. The zero-order chi connectivity index (χ0) is 23.5. The van der Waals surface area contributed by atoms with Gasteiger partial charge in [0.05, 0.1) is 16.9 Å². The lowest BCUT2D eigenvalue weighted by molar-refractivity contribution is 0.0950. The highest BCUT2D eigenvalue weighted by atomic mass is 16.1. The fraction of sp³-hybridized carbons (Fsp3) is 0.250. The quantitative estimate of drug-likeness (QED) is 0.491. The summed E-state index contributed by atoms with van der Waals surface area (Å²) in [4.78, 5) is 29.7. The zero-order valence-corrected chi connectivity index (χ0v) is 19.0. The van der Waals surface area contributed by atoms with Gasteiger partial charge >= 0.3 is 0 Å². The van der Waals surface area contributed by atoms with Crippen molar-refractivity contribution in [3.63, 3.8) is 0 Å². The first-order chi connectivity index (χ1) is 15.8. The van der Waals surface area contributed by atoms with Gasteiger partial charge in [-0.05, 0) is 52.7 Å². The van der Waals surface area contributed by atoms with Crippen LogP contribution in [0.25, 0.3) is 16.9 Å². The Morgan fingerprint density at radius 2 is 1.94 bits per heavy atom. The van der Waals surface area contributed by atoms with Crippen LogP contribution in [-0.2, 0) is 13.6 Å². The summed E-state index contributed by atoms with van der Waals surface area (Å²) in [5.41, 5.74) is 4.18. The molecule has 1 amide bonds. The van der Waals surface area contributed by atoms with Crippen LogP contribution in [0.4, 0.5) is 0 Å². The topological polar surface area (TPSA) is 108 Å². The number of aromatic nitrogens is 6. The molecule has 3 heterocycles. The molecule has 0 aliphatic carbocycles. The maximum absolute atomic E-state index is 13.3. The Morgan fingerprint density at radius 1 is 1.12 bits per heavy atom. The van der Waals surface area contributed by atoms with E-state index in [-0.39, 0.29) is 23.9 Å². The highest BCUT2D eigenvalue weighted by Gasteiger charge is 2.20. The minimum absolute atomic E-state index is 0.0647. The van der Waals surface area contributed by atoms with E-state index in [1.165, 1.54) is 10.6 Å². The van der Waals surface area contributed by atoms with E-state index in [1.54, 1.807) is 36.3 Å². The molecule has 0 bridgehead atoms. The number of hydrogen-bond acceptors (Lipinski definition) is 6. The lowest BCUT2D eigenvalue weighted by Crippen LogP contribution is -2.26. The van der Waals surface area contributed by atoms with Crippen molar-refractivity contribution in [3.05, 3.63) is 87.7 Å². The van der Waals surface area contributed by atoms with E-state index in [0.29, 0.717) is 17.1 Å². The van der Waals surface area contributed by atoms with Crippen LogP contribution in [-0.4, -0.2) is 35.7 Å². The van der Waals surface area contributed by atoms with Gasteiger partial charge in [0.2, 0.25) is 0 Å². The molecule has 4 aromatic rings. The number of aryl methyl sites for hydroxylation is 2. The smallest absolute Gasteiger partial charge is 0.253 e. The van der Waals surface area contributed by atoms with Gasteiger partial charge in [-0.1, -0.05) is 26.0 Å². The van der Waals surface area contributed by atoms with Gasteiger partial charge in [-0.3, -0.25) is 14.6 Å². The second-order valence-corrected chi connectivity index (χ2v) is 8.22. The maximum atomic E-state index is 13.3. The first-order valence-electron chi connectivity index (χ1n) is 10.6. The molecule has 1 aromatic carbocycles. The molecule has 0 saturated heterocycles. The molecule has 4 rings (SSSR count). The van der Waals surface area contributed by atoms with Crippen molar-refractivity contribution in [3.8, 4) is 16.9 Å². The van der Waals surface area contributed by atoms with Gasteiger partial charge in [0.25, 0.3) is 11.5 Å². The van der Waals surface area contributed by atoms with Gasteiger partial charge in [-0.25, -0.2) is 0 Å². The molecule has 168 valence electrons. The fourth-order valence-electron chi connectivity index (χ4n) is 3.40. The minimum Gasteiger partial charge on any atom is -0.348 e. The Labute approximate surface area is 191 Å². The Morgan fingerprint density at radius 3 is 2.64 bits per heavy atom. The summed E-state index contributed by atoms with van der Waals surface area (Å²) in [7, 11) is 1.68. The number of amides is 1. The van der Waals surface area contributed by atoms with Crippen LogP contribution in [0.15, 0.2) is 59.7 Å². The minimum atomic E-state index is -0.301. The third-order valence-corrected chi connectivity index (χ3v) is 5.31. The van der Waals surface area contributed by atoms with Crippen molar-refractivity contribution in [1.82, 2.24) is 35.1 Å². The number of tetrazole rings is 1. The van der Waals surface area contributed by atoms with Crippen molar-refractivity contribution < 1.29 is 4.79 Å². The molecule has 33 heavy (non-hydrogen) atoms. The average Bonchev–Trinajstić information content (AvgIpc) is 3.30. The van der Waals surface area contributed by atoms with E-state index in [4.69, 9.17) is 0 Å². The van der Waals surface area contributed by atoms with Gasteiger partial charge in [0.15, 0.2) is 5.82 Å². The molecule has 0 unspecified atom stereocenters. The Hall–Kier alpha value is -4.14. The lowest BCUT2D eigenvalue weighted by atomic mass is 10.0. The predicted molar refractivity (Wildman–Crippen MR) is 124 cm³/mol. The molecule has 0 fully saturated rings. The molecule has 0 aliphatic heterocycles. The predicted octanol–water partition coefficient (Wildman–Crippen LogP) is 2.78. The second kappa shape index (κ2) is 9.15. The Kier molecular flexibility index (Phi) is 6.12.